The van der Waals surface area contributed by atoms with Gasteiger partial charge < -0.3 is 9.88 Å². The van der Waals surface area contributed by atoms with Crippen molar-refractivity contribution >= 4 is 17.3 Å². The Morgan fingerprint density at radius 1 is 1.47 bits per heavy atom. The van der Waals surface area contributed by atoms with Crippen LogP contribution in [0.15, 0.2) is 17.3 Å². The number of halogens is 1. The summed E-state index contributed by atoms with van der Waals surface area (Å²) >= 11 is 5.98. The maximum absolute atomic E-state index is 11.4. The third kappa shape index (κ3) is 1.70. The number of H-pyrrole nitrogens is 2. The van der Waals surface area contributed by atoms with E-state index in [1.54, 1.807) is 12.5 Å². The molecule has 0 bridgehead atoms. The van der Waals surface area contributed by atoms with Crippen LogP contribution < -0.4 is 10.5 Å². The van der Waals surface area contributed by atoms with Crippen LogP contribution in [0.3, 0.4) is 0 Å². The summed E-state index contributed by atoms with van der Waals surface area (Å²) < 4.78 is 0. The molecule has 1 aliphatic rings. The van der Waals surface area contributed by atoms with Crippen LogP contribution in [0.1, 0.15) is 11.4 Å². The second kappa shape index (κ2) is 3.89. The van der Waals surface area contributed by atoms with Gasteiger partial charge in [-0.05, 0) is 0 Å². The number of hydrogen-bond donors (Lipinski definition) is 2. The minimum absolute atomic E-state index is 0.183. The third-order valence-electron chi connectivity index (χ3n) is 2.89. The van der Waals surface area contributed by atoms with E-state index in [4.69, 9.17) is 11.6 Å². The number of hydrogen-bond acceptors (Lipinski definition) is 4. The van der Waals surface area contributed by atoms with E-state index in [1.165, 1.54) is 0 Å². The van der Waals surface area contributed by atoms with Gasteiger partial charge in [-0.15, -0.1) is 0 Å². The van der Waals surface area contributed by atoms with Crippen molar-refractivity contribution in [1.82, 2.24) is 20.2 Å². The number of fused-ring (bicyclic) bond motifs is 1. The predicted octanol–water partition coefficient (Wildman–Crippen LogP) is 0.709. The van der Waals surface area contributed by atoms with Gasteiger partial charge in [0.25, 0.3) is 5.56 Å². The first-order chi connectivity index (χ1) is 8.25. The Hall–Kier alpha value is -1.82. The fraction of sp³-hybridized carbons (Fsp3) is 0.300. The van der Waals surface area contributed by atoms with Gasteiger partial charge in [-0.1, -0.05) is 11.6 Å². The van der Waals surface area contributed by atoms with Crippen molar-refractivity contribution in [3.63, 3.8) is 0 Å². The van der Waals surface area contributed by atoms with Gasteiger partial charge in [-0.3, -0.25) is 4.79 Å². The average Bonchev–Trinajstić information content (AvgIpc) is 2.79. The molecule has 0 fully saturated rings. The average molecular weight is 252 g/mol. The number of anilines is 1. The van der Waals surface area contributed by atoms with Gasteiger partial charge in [-0.2, -0.15) is 5.10 Å². The van der Waals surface area contributed by atoms with Gasteiger partial charge in [0, 0.05) is 13.0 Å². The highest BCUT2D eigenvalue weighted by molar-refractivity contribution is 6.32. The van der Waals surface area contributed by atoms with E-state index < -0.39 is 0 Å². The highest BCUT2D eigenvalue weighted by Gasteiger charge is 2.21. The molecule has 2 aromatic rings. The first-order valence-electron chi connectivity index (χ1n) is 5.25. The minimum atomic E-state index is -0.362. The lowest BCUT2D eigenvalue weighted by Gasteiger charge is -2.28. The molecule has 0 atom stereocenters. The summed E-state index contributed by atoms with van der Waals surface area (Å²) in [5.74, 6) is 0. The van der Waals surface area contributed by atoms with E-state index in [1.807, 2.05) is 4.90 Å². The van der Waals surface area contributed by atoms with E-state index in [-0.39, 0.29) is 10.6 Å². The van der Waals surface area contributed by atoms with Gasteiger partial charge in [0.05, 0.1) is 36.1 Å². The summed E-state index contributed by atoms with van der Waals surface area (Å²) in [6.07, 6.45) is 4.10. The molecule has 0 amide bonds. The van der Waals surface area contributed by atoms with Crippen molar-refractivity contribution in [3.8, 4) is 0 Å². The zero-order valence-electron chi connectivity index (χ0n) is 8.90. The van der Waals surface area contributed by atoms with E-state index in [2.05, 4.69) is 20.2 Å². The number of rotatable bonds is 1. The topological polar surface area (TPSA) is 77.7 Å². The highest BCUT2D eigenvalue weighted by Crippen LogP contribution is 2.25. The number of nitrogens with zero attached hydrogens (tertiary/aromatic N) is 3. The summed E-state index contributed by atoms with van der Waals surface area (Å²) in [5, 5.41) is 6.27. The molecule has 0 unspecified atom stereocenters. The molecular weight excluding hydrogens is 242 g/mol. The smallest absolute Gasteiger partial charge is 0.285 e. The van der Waals surface area contributed by atoms with Gasteiger partial charge in [0.2, 0.25) is 0 Å². The second-order valence-corrected chi connectivity index (χ2v) is 4.28. The predicted molar refractivity (Wildman–Crippen MR) is 63.2 cm³/mol. The summed E-state index contributed by atoms with van der Waals surface area (Å²) in [7, 11) is 0. The van der Waals surface area contributed by atoms with Gasteiger partial charge in [-0.25, -0.2) is 10.1 Å². The minimum Gasteiger partial charge on any atom is -0.363 e. The second-order valence-electron chi connectivity index (χ2n) is 3.90. The van der Waals surface area contributed by atoms with Crippen molar-refractivity contribution in [3.05, 3.63) is 39.3 Å². The van der Waals surface area contributed by atoms with Gasteiger partial charge >= 0.3 is 0 Å². The molecule has 2 aromatic heterocycles. The van der Waals surface area contributed by atoms with Crippen molar-refractivity contribution in [1.29, 1.82) is 0 Å². The number of aromatic amines is 2. The molecule has 2 N–H and O–H groups in total. The van der Waals surface area contributed by atoms with Crippen LogP contribution in [0.25, 0.3) is 0 Å². The van der Waals surface area contributed by atoms with Crippen LogP contribution in [0.4, 0.5) is 5.69 Å². The van der Waals surface area contributed by atoms with E-state index >= 15 is 0 Å². The molecule has 1 aliphatic heterocycles. The zero-order valence-corrected chi connectivity index (χ0v) is 9.66. The largest absolute Gasteiger partial charge is 0.363 e. The molecule has 3 heterocycles. The van der Waals surface area contributed by atoms with E-state index in [0.717, 1.165) is 24.4 Å². The number of aromatic nitrogens is 4. The van der Waals surface area contributed by atoms with Crippen LogP contribution in [0.5, 0.6) is 0 Å². The molecule has 0 saturated heterocycles. The third-order valence-corrected chi connectivity index (χ3v) is 3.26. The van der Waals surface area contributed by atoms with Gasteiger partial charge in [0.15, 0.2) is 0 Å². The molecule has 0 radical (unpaired) electrons. The standard InChI is InChI=1S/C10H10ClN5O/c11-9-8(3-14-15-10(9)17)16-2-1-6-7(4-16)13-5-12-6/h3,5H,1-2,4H2,(H,12,13)(H,15,17). The summed E-state index contributed by atoms with van der Waals surface area (Å²) in [5.41, 5.74) is 2.44. The molecule has 88 valence electrons. The van der Waals surface area contributed by atoms with Crippen molar-refractivity contribution in [2.45, 2.75) is 13.0 Å². The Morgan fingerprint density at radius 3 is 3.24 bits per heavy atom. The fourth-order valence-corrected chi connectivity index (χ4v) is 2.22. The van der Waals surface area contributed by atoms with Crippen LogP contribution in [0.2, 0.25) is 5.02 Å². The summed E-state index contributed by atoms with van der Waals surface area (Å²) in [6.45, 7) is 1.45. The Bertz CT molecular complexity index is 605. The SMILES string of the molecule is O=c1[nH]ncc(N2CCc3nc[nH]c3C2)c1Cl. The molecule has 0 spiro atoms. The number of nitrogens with one attached hydrogen (secondary N) is 2. The number of imidazole rings is 1. The Labute approximate surface area is 102 Å². The lowest BCUT2D eigenvalue weighted by atomic mass is 10.1. The Morgan fingerprint density at radius 2 is 2.35 bits per heavy atom. The molecule has 6 nitrogen and oxygen atoms in total. The molecule has 0 saturated carbocycles. The first-order valence-corrected chi connectivity index (χ1v) is 5.63. The molecule has 0 aromatic carbocycles. The van der Waals surface area contributed by atoms with E-state index in [0.29, 0.717) is 12.2 Å². The monoisotopic (exact) mass is 251 g/mol. The lowest BCUT2D eigenvalue weighted by molar-refractivity contribution is 0.707. The van der Waals surface area contributed by atoms with E-state index in [9.17, 15) is 4.79 Å². The van der Waals surface area contributed by atoms with Crippen molar-refractivity contribution in [2.24, 2.45) is 0 Å². The van der Waals surface area contributed by atoms with Crippen LogP contribution in [-0.4, -0.2) is 26.7 Å². The summed E-state index contributed by atoms with van der Waals surface area (Å²) in [4.78, 5) is 20.7. The molecule has 3 rings (SSSR count). The van der Waals surface area contributed by atoms with Gasteiger partial charge in [0.1, 0.15) is 5.02 Å². The lowest BCUT2D eigenvalue weighted by Crippen LogP contribution is -2.32. The Kier molecular flexibility index (Phi) is 2.36. The zero-order chi connectivity index (χ0) is 11.8. The normalized spacial score (nSPS) is 14.8. The molecule has 7 heteroatoms. The molecule has 17 heavy (non-hydrogen) atoms. The summed E-state index contributed by atoms with van der Waals surface area (Å²) in [6, 6.07) is 0. The maximum atomic E-state index is 11.4. The van der Waals surface area contributed by atoms with Crippen LogP contribution in [-0.2, 0) is 13.0 Å². The fourth-order valence-electron chi connectivity index (χ4n) is 2.01. The Balaban J connectivity index is 1.97. The highest BCUT2D eigenvalue weighted by atomic mass is 35.5. The maximum Gasteiger partial charge on any atom is 0.285 e. The quantitative estimate of drug-likeness (QED) is 0.783. The van der Waals surface area contributed by atoms with Crippen LogP contribution in [0, 0.1) is 0 Å². The van der Waals surface area contributed by atoms with Crippen LogP contribution >= 0.6 is 11.6 Å². The molecule has 0 aliphatic carbocycles. The molecular formula is C10H10ClN5O. The first kappa shape index (κ1) is 10.3. The van der Waals surface area contributed by atoms with Crippen molar-refractivity contribution < 1.29 is 0 Å². The van der Waals surface area contributed by atoms with Crippen molar-refractivity contribution in [2.75, 3.05) is 11.4 Å².